The molecule has 2 aromatic rings. The Kier molecular flexibility index (Phi) is 4.22. The number of nitrogens with one attached hydrogen (secondary N) is 1. The minimum absolute atomic E-state index is 0.195. The van der Waals surface area contributed by atoms with E-state index >= 15 is 0 Å². The molecule has 0 saturated carbocycles. The molecule has 1 amide bonds. The molecule has 3 nitrogen and oxygen atoms in total. The van der Waals surface area contributed by atoms with Crippen molar-refractivity contribution in [1.29, 1.82) is 0 Å². The van der Waals surface area contributed by atoms with Crippen LogP contribution in [-0.2, 0) is 0 Å². The molecule has 0 fully saturated rings. The zero-order valence-corrected chi connectivity index (χ0v) is 12.8. The van der Waals surface area contributed by atoms with Crippen molar-refractivity contribution in [3.8, 4) is 0 Å². The van der Waals surface area contributed by atoms with Crippen molar-refractivity contribution in [3.63, 3.8) is 0 Å². The van der Waals surface area contributed by atoms with E-state index in [1.807, 2.05) is 26.0 Å². The lowest BCUT2D eigenvalue weighted by atomic mass is 10.1. The number of aryl methyl sites for hydroxylation is 2. The lowest BCUT2D eigenvalue weighted by Gasteiger charge is -2.12. The molecule has 0 aliphatic rings. The van der Waals surface area contributed by atoms with Gasteiger partial charge in [-0.05, 0) is 59.1 Å². The zero-order chi connectivity index (χ0) is 14.0. The molecule has 1 aromatic carbocycles. The summed E-state index contributed by atoms with van der Waals surface area (Å²) in [5.41, 5.74) is 3.22. The van der Waals surface area contributed by atoms with Gasteiger partial charge in [0.05, 0.1) is 11.3 Å². The Morgan fingerprint density at radius 2 is 2.11 bits per heavy atom. The fourth-order valence-corrected chi connectivity index (χ4v) is 2.79. The quantitative estimate of drug-likeness (QED) is 0.826. The molecular weight excluding hydrogens is 328 g/mol. The maximum Gasteiger partial charge on any atom is 0.258 e. The monoisotopic (exact) mass is 338 g/mol. The van der Waals surface area contributed by atoms with E-state index in [2.05, 4.69) is 26.2 Å². The smallest absolute Gasteiger partial charge is 0.258 e. The van der Waals surface area contributed by atoms with E-state index in [-0.39, 0.29) is 11.1 Å². The van der Waals surface area contributed by atoms with Gasteiger partial charge in [0.15, 0.2) is 0 Å². The summed E-state index contributed by atoms with van der Waals surface area (Å²) in [6.45, 7) is 3.94. The van der Waals surface area contributed by atoms with Crippen LogP contribution >= 0.6 is 27.5 Å². The molecule has 0 aliphatic carbocycles. The highest BCUT2D eigenvalue weighted by atomic mass is 79.9. The van der Waals surface area contributed by atoms with Crippen LogP contribution in [0.25, 0.3) is 0 Å². The van der Waals surface area contributed by atoms with Crippen LogP contribution in [0, 0.1) is 13.8 Å². The molecule has 0 aliphatic heterocycles. The van der Waals surface area contributed by atoms with E-state index in [1.165, 1.54) is 0 Å². The Morgan fingerprint density at radius 3 is 2.74 bits per heavy atom. The fourth-order valence-electron chi connectivity index (χ4n) is 1.81. The van der Waals surface area contributed by atoms with Crippen LogP contribution in [0.1, 0.15) is 21.5 Å². The molecule has 1 N–H and O–H groups in total. The standard InChI is InChI=1S/C14H12BrClN2O/c1-8-6-9(2)12(11(15)7-8)18-14(19)10-4-3-5-17-13(10)16/h3-7H,1-2H3,(H,18,19). The Labute approximate surface area is 125 Å². The number of pyridine rings is 1. The van der Waals surface area contributed by atoms with Crippen molar-refractivity contribution in [1.82, 2.24) is 4.98 Å². The highest BCUT2D eigenvalue weighted by Gasteiger charge is 2.14. The van der Waals surface area contributed by atoms with Gasteiger partial charge in [-0.3, -0.25) is 4.79 Å². The Hall–Kier alpha value is -1.39. The van der Waals surface area contributed by atoms with E-state index in [4.69, 9.17) is 11.6 Å². The van der Waals surface area contributed by atoms with Gasteiger partial charge in [0.25, 0.3) is 5.91 Å². The molecule has 0 unspecified atom stereocenters. The Morgan fingerprint density at radius 1 is 1.37 bits per heavy atom. The second-order valence-corrected chi connectivity index (χ2v) is 5.45. The highest BCUT2D eigenvalue weighted by Crippen LogP contribution is 2.28. The predicted octanol–water partition coefficient (Wildman–Crippen LogP) is 4.37. The van der Waals surface area contributed by atoms with E-state index in [0.29, 0.717) is 5.56 Å². The predicted molar refractivity (Wildman–Crippen MR) is 80.8 cm³/mol. The summed E-state index contributed by atoms with van der Waals surface area (Å²) in [6, 6.07) is 7.28. The van der Waals surface area contributed by atoms with Crippen molar-refractivity contribution in [2.45, 2.75) is 13.8 Å². The van der Waals surface area contributed by atoms with E-state index in [9.17, 15) is 4.79 Å². The van der Waals surface area contributed by atoms with E-state index < -0.39 is 0 Å². The number of halogens is 2. The molecule has 1 aromatic heterocycles. The van der Waals surface area contributed by atoms with Gasteiger partial charge < -0.3 is 5.32 Å². The summed E-state index contributed by atoms with van der Waals surface area (Å²) < 4.78 is 0.846. The van der Waals surface area contributed by atoms with Gasteiger partial charge in [0, 0.05) is 10.7 Å². The lowest BCUT2D eigenvalue weighted by molar-refractivity contribution is 0.102. The third-order valence-electron chi connectivity index (χ3n) is 2.67. The molecule has 0 radical (unpaired) electrons. The maximum atomic E-state index is 12.2. The van der Waals surface area contributed by atoms with Gasteiger partial charge >= 0.3 is 0 Å². The van der Waals surface area contributed by atoms with Crippen LogP contribution in [0.4, 0.5) is 5.69 Å². The van der Waals surface area contributed by atoms with Gasteiger partial charge in [-0.15, -0.1) is 0 Å². The molecule has 1 heterocycles. The van der Waals surface area contributed by atoms with Crippen LogP contribution in [0.2, 0.25) is 5.15 Å². The first-order chi connectivity index (χ1) is 8.99. The fraction of sp³-hybridized carbons (Fsp3) is 0.143. The van der Waals surface area contributed by atoms with Crippen molar-refractivity contribution in [3.05, 3.63) is 56.8 Å². The van der Waals surface area contributed by atoms with Crippen molar-refractivity contribution in [2.24, 2.45) is 0 Å². The highest BCUT2D eigenvalue weighted by molar-refractivity contribution is 9.10. The minimum Gasteiger partial charge on any atom is -0.321 e. The van der Waals surface area contributed by atoms with Crippen LogP contribution in [0.15, 0.2) is 34.9 Å². The summed E-state index contributed by atoms with van der Waals surface area (Å²) in [6.07, 6.45) is 1.55. The molecule has 5 heteroatoms. The average Bonchev–Trinajstić information content (AvgIpc) is 2.34. The number of rotatable bonds is 2. The summed E-state index contributed by atoms with van der Waals surface area (Å²) in [5.74, 6) is -0.272. The van der Waals surface area contributed by atoms with E-state index in [1.54, 1.807) is 18.3 Å². The minimum atomic E-state index is -0.272. The normalized spacial score (nSPS) is 10.3. The third-order valence-corrected chi connectivity index (χ3v) is 3.60. The number of benzene rings is 1. The largest absolute Gasteiger partial charge is 0.321 e. The molecular formula is C14H12BrClN2O. The van der Waals surface area contributed by atoms with Gasteiger partial charge in [-0.1, -0.05) is 17.7 Å². The van der Waals surface area contributed by atoms with Gasteiger partial charge in [-0.25, -0.2) is 4.98 Å². The first-order valence-corrected chi connectivity index (χ1v) is 6.84. The second kappa shape index (κ2) is 5.72. The number of hydrogen-bond donors (Lipinski definition) is 1. The summed E-state index contributed by atoms with van der Waals surface area (Å²) >= 11 is 9.36. The number of nitrogens with zero attached hydrogens (tertiary/aromatic N) is 1. The molecule has 19 heavy (non-hydrogen) atoms. The summed E-state index contributed by atoms with van der Waals surface area (Å²) in [5, 5.41) is 3.05. The first kappa shape index (κ1) is 14.0. The van der Waals surface area contributed by atoms with Crippen molar-refractivity contribution < 1.29 is 4.79 Å². The molecule has 0 saturated heterocycles. The first-order valence-electron chi connectivity index (χ1n) is 5.67. The second-order valence-electron chi connectivity index (χ2n) is 4.23. The summed E-state index contributed by atoms with van der Waals surface area (Å²) in [7, 11) is 0. The molecule has 2 rings (SSSR count). The number of hydrogen-bond acceptors (Lipinski definition) is 2. The molecule has 0 bridgehead atoms. The SMILES string of the molecule is Cc1cc(C)c(NC(=O)c2cccnc2Cl)c(Br)c1. The van der Waals surface area contributed by atoms with Crippen molar-refractivity contribution in [2.75, 3.05) is 5.32 Å². The molecule has 0 spiro atoms. The zero-order valence-electron chi connectivity index (χ0n) is 10.5. The van der Waals surface area contributed by atoms with Crippen molar-refractivity contribution >= 4 is 39.1 Å². The Bertz CT molecular complexity index is 620. The number of carbonyl (C=O) groups is 1. The van der Waals surface area contributed by atoms with Gasteiger partial charge in [0.2, 0.25) is 0 Å². The third kappa shape index (κ3) is 3.14. The molecule has 98 valence electrons. The van der Waals surface area contributed by atoms with Gasteiger partial charge in [-0.2, -0.15) is 0 Å². The Balaban J connectivity index is 2.32. The topological polar surface area (TPSA) is 42.0 Å². The van der Waals surface area contributed by atoms with Crippen LogP contribution in [0.3, 0.4) is 0 Å². The maximum absolute atomic E-state index is 12.2. The van der Waals surface area contributed by atoms with E-state index in [0.717, 1.165) is 21.3 Å². The summed E-state index contributed by atoms with van der Waals surface area (Å²) in [4.78, 5) is 16.1. The number of carbonyl (C=O) groups excluding carboxylic acids is 1. The van der Waals surface area contributed by atoms with Gasteiger partial charge in [0.1, 0.15) is 5.15 Å². The lowest BCUT2D eigenvalue weighted by Crippen LogP contribution is -2.14. The number of anilines is 1. The number of amides is 1. The molecule has 0 atom stereocenters. The van der Waals surface area contributed by atoms with Crippen LogP contribution in [-0.4, -0.2) is 10.9 Å². The number of aromatic nitrogens is 1. The van der Waals surface area contributed by atoms with Crippen LogP contribution < -0.4 is 5.32 Å². The van der Waals surface area contributed by atoms with Crippen LogP contribution in [0.5, 0.6) is 0 Å². The average molecular weight is 340 g/mol.